The van der Waals surface area contributed by atoms with Crippen molar-refractivity contribution in [1.82, 2.24) is 0 Å². The van der Waals surface area contributed by atoms with E-state index in [1.54, 1.807) is 0 Å². The molecule has 0 saturated carbocycles. The van der Waals surface area contributed by atoms with Crippen molar-refractivity contribution in [2.75, 3.05) is 10.0 Å². The molecule has 150 valence electrons. The third-order valence-electron chi connectivity index (χ3n) is 3.78. The Morgan fingerprint density at radius 1 is 0.759 bits per heavy atom. The molecule has 0 bridgehead atoms. The Balaban J connectivity index is 1.75. The number of carbonyl (C=O) groups excluding carboxylic acids is 1. The van der Waals surface area contributed by atoms with Crippen LogP contribution in [0.15, 0.2) is 65.6 Å². The summed E-state index contributed by atoms with van der Waals surface area (Å²) in [6, 6.07) is 9.68. The summed E-state index contributed by atoms with van der Waals surface area (Å²) in [5.41, 5.74) is -0.259. The van der Waals surface area contributed by atoms with E-state index >= 15 is 0 Å². The van der Waals surface area contributed by atoms with E-state index in [-0.39, 0.29) is 16.9 Å². The molecule has 0 unspecified atom stereocenters. The Morgan fingerprint density at radius 2 is 1.41 bits per heavy atom. The molecule has 2 N–H and O–H groups in total. The van der Waals surface area contributed by atoms with Gasteiger partial charge in [0.25, 0.3) is 15.9 Å². The van der Waals surface area contributed by atoms with Gasteiger partial charge in [0.05, 0.1) is 10.6 Å². The molecule has 10 heteroatoms. The molecule has 0 aliphatic heterocycles. The van der Waals surface area contributed by atoms with E-state index in [1.165, 1.54) is 24.3 Å². The van der Waals surface area contributed by atoms with Crippen molar-refractivity contribution in [1.29, 1.82) is 0 Å². The zero-order valence-electron chi connectivity index (χ0n) is 14.4. The second-order valence-corrected chi connectivity index (χ2v) is 7.52. The van der Waals surface area contributed by atoms with Gasteiger partial charge in [-0.25, -0.2) is 26.0 Å². The van der Waals surface area contributed by atoms with Gasteiger partial charge >= 0.3 is 0 Å². The molecular formula is C19H12F4N2O3S. The van der Waals surface area contributed by atoms with Crippen LogP contribution in [0.1, 0.15) is 10.4 Å². The first-order valence-electron chi connectivity index (χ1n) is 8.00. The minimum atomic E-state index is -4.19. The number of nitrogens with one attached hydrogen (secondary N) is 2. The van der Waals surface area contributed by atoms with Crippen LogP contribution in [-0.2, 0) is 10.0 Å². The van der Waals surface area contributed by atoms with Crippen LogP contribution in [-0.4, -0.2) is 14.3 Å². The molecule has 0 saturated heterocycles. The van der Waals surface area contributed by atoms with E-state index in [4.69, 9.17) is 0 Å². The molecule has 0 fully saturated rings. The minimum absolute atomic E-state index is 0.0446. The number of benzene rings is 3. The van der Waals surface area contributed by atoms with E-state index < -0.39 is 44.1 Å². The lowest BCUT2D eigenvalue weighted by molar-refractivity contribution is 0.102. The maximum Gasteiger partial charge on any atom is 0.261 e. The summed E-state index contributed by atoms with van der Waals surface area (Å²) < 4.78 is 79.6. The van der Waals surface area contributed by atoms with Gasteiger partial charge in [-0.2, -0.15) is 0 Å². The zero-order chi connectivity index (χ0) is 21.2. The van der Waals surface area contributed by atoms with Gasteiger partial charge in [-0.15, -0.1) is 0 Å². The highest BCUT2D eigenvalue weighted by Crippen LogP contribution is 2.20. The number of anilines is 2. The van der Waals surface area contributed by atoms with Crippen LogP contribution in [0.4, 0.5) is 28.9 Å². The number of sulfonamides is 1. The van der Waals surface area contributed by atoms with Crippen LogP contribution in [0.2, 0.25) is 0 Å². The molecule has 0 aliphatic carbocycles. The number of hydrogen-bond donors (Lipinski definition) is 2. The highest BCUT2D eigenvalue weighted by Gasteiger charge is 2.17. The van der Waals surface area contributed by atoms with Crippen LogP contribution in [0.25, 0.3) is 0 Å². The van der Waals surface area contributed by atoms with Crippen LogP contribution in [0, 0.1) is 23.3 Å². The summed E-state index contributed by atoms with van der Waals surface area (Å²) in [4.78, 5) is 11.7. The fourth-order valence-electron chi connectivity index (χ4n) is 2.34. The van der Waals surface area contributed by atoms with E-state index in [0.29, 0.717) is 12.1 Å². The Bertz CT molecular complexity index is 1180. The SMILES string of the molecule is O=C(Nc1cc(F)ccc1F)c1ccc(NS(=O)(=O)c2ccc(F)c(F)c2)cc1. The molecule has 3 rings (SSSR count). The van der Waals surface area contributed by atoms with Crippen molar-refractivity contribution in [2.45, 2.75) is 4.90 Å². The van der Waals surface area contributed by atoms with Crippen molar-refractivity contribution in [3.05, 3.63) is 89.5 Å². The number of amides is 1. The maximum absolute atomic E-state index is 13.6. The maximum atomic E-state index is 13.6. The Labute approximate surface area is 163 Å². The lowest BCUT2D eigenvalue weighted by Gasteiger charge is -2.10. The van der Waals surface area contributed by atoms with E-state index in [1.807, 2.05) is 0 Å². The first kappa shape index (κ1) is 20.3. The van der Waals surface area contributed by atoms with E-state index in [9.17, 15) is 30.8 Å². The second-order valence-electron chi connectivity index (χ2n) is 5.84. The number of hydrogen-bond acceptors (Lipinski definition) is 3. The third-order valence-corrected chi connectivity index (χ3v) is 5.16. The predicted molar refractivity (Wildman–Crippen MR) is 97.9 cm³/mol. The highest BCUT2D eigenvalue weighted by atomic mass is 32.2. The summed E-state index contributed by atoms with van der Waals surface area (Å²) in [7, 11) is -4.19. The highest BCUT2D eigenvalue weighted by molar-refractivity contribution is 7.92. The molecule has 0 heterocycles. The van der Waals surface area contributed by atoms with Crippen LogP contribution in [0.3, 0.4) is 0 Å². The summed E-state index contributed by atoms with van der Waals surface area (Å²) in [5, 5.41) is 2.20. The molecule has 0 radical (unpaired) electrons. The van der Waals surface area contributed by atoms with Crippen LogP contribution >= 0.6 is 0 Å². The number of carbonyl (C=O) groups is 1. The molecular weight excluding hydrogens is 412 g/mol. The van der Waals surface area contributed by atoms with Gasteiger partial charge in [-0.3, -0.25) is 9.52 Å². The normalized spacial score (nSPS) is 11.2. The molecule has 0 atom stereocenters. The topological polar surface area (TPSA) is 75.3 Å². The zero-order valence-corrected chi connectivity index (χ0v) is 15.2. The average molecular weight is 424 g/mol. The van der Waals surface area contributed by atoms with Gasteiger partial charge in [-0.1, -0.05) is 0 Å². The predicted octanol–water partition coefficient (Wildman–Crippen LogP) is 4.30. The van der Waals surface area contributed by atoms with Gasteiger partial charge in [0.2, 0.25) is 0 Å². The lowest BCUT2D eigenvalue weighted by Crippen LogP contribution is -2.15. The quantitative estimate of drug-likeness (QED) is 0.600. The molecule has 0 spiro atoms. The third kappa shape index (κ3) is 4.72. The number of rotatable bonds is 5. The molecule has 3 aromatic rings. The minimum Gasteiger partial charge on any atom is -0.319 e. The summed E-state index contributed by atoms with van der Waals surface area (Å²) in [6.07, 6.45) is 0. The van der Waals surface area contributed by atoms with Gasteiger partial charge in [-0.05, 0) is 54.6 Å². The molecule has 3 aromatic carbocycles. The van der Waals surface area contributed by atoms with E-state index in [0.717, 1.165) is 24.3 Å². The fourth-order valence-corrected chi connectivity index (χ4v) is 3.41. The Kier molecular flexibility index (Phi) is 5.55. The first-order chi connectivity index (χ1) is 13.7. The second kappa shape index (κ2) is 7.92. The standard InChI is InChI=1S/C19H12F4N2O3S/c20-12-3-7-16(22)18(9-12)24-19(26)11-1-4-13(5-2-11)25-29(27,28)14-6-8-15(21)17(23)10-14/h1-10,25H,(H,24,26). The molecule has 29 heavy (non-hydrogen) atoms. The Hall–Kier alpha value is -3.40. The van der Waals surface area contributed by atoms with Crippen molar-refractivity contribution in [3.8, 4) is 0 Å². The van der Waals surface area contributed by atoms with Crippen molar-refractivity contribution in [3.63, 3.8) is 0 Å². The largest absolute Gasteiger partial charge is 0.319 e. The first-order valence-corrected chi connectivity index (χ1v) is 9.48. The summed E-state index contributed by atoms with van der Waals surface area (Å²) >= 11 is 0. The molecule has 5 nitrogen and oxygen atoms in total. The van der Waals surface area contributed by atoms with Gasteiger partial charge < -0.3 is 5.32 Å². The summed E-state index contributed by atoms with van der Waals surface area (Å²) in [6.45, 7) is 0. The van der Waals surface area contributed by atoms with E-state index in [2.05, 4.69) is 10.0 Å². The van der Waals surface area contributed by atoms with Crippen LogP contribution in [0.5, 0.6) is 0 Å². The van der Waals surface area contributed by atoms with Crippen molar-refractivity contribution < 1.29 is 30.8 Å². The van der Waals surface area contributed by atoms with Crippen LogP contribution < -0.4 is 10.0 Å². The summed E-state index contributed by atoms with van der Waals surface area (Å²) in [5.74, 6) is -4.80. The Morgan fingerprint density at radius 3 is 2.07 bits per heavy atom. The lowest BCUT2D eigenvalue weighted by atomic mass is 10.2. The molecule has 0 aliphatic rings. The van der Waals surface area contributed by atoms with Gasteiger partial charge in [0.15, 0.2) is 11.6 Å². The molecule has 0 aromatic heterocycles. The molecule has 1 amide bonds. The van der Waals surface area contributed by atoms with Crippen molar-refractivity contribution >= 4 is 27.3 Å². The van der Waals surface area contributed by atoms with Crippen molar-refractivity contribution in [2.24, 2.45) is 0 Å². The smallest absolute Gasteiger partial charge is 0.261 e. The number of halogens is 4. The monoisotopic (exact) mass is 424 g/mol. The average Bonchev–Trinajstić information content (AvgIpc) is 2.67. The van der Waals surface area contributed by atoms with Gasteiger partial charge in [0.1, 0.15) is 11.6 Å². The fraction of sp³-hybridized carbons (Fsp3) is 0. The van der Waals surface area contributed by atoms with Gasteiger partial charge in [0, 0.05) is 17.3 Å².